The topological polar surface area (TPSA) is 50.5 Å². The SMILES string of the molecule is CCC1CN(CC(C)(C)O)C(CC)CN1CC#N. The van der Waals surface area contributed by atoms with Crippen LogP contribution in [0.1, 0.15) is 40.5 Å². The molecule has 18 heavy (non-hydrogen) atoms. The largest absolute Gasteiger partial charge is 0.389 e. The molecule has 0 aliphatic carbocycles. The fourth-order valence-electron chi connectivity index (χ4n) is 2.82. The highest BCUT2D eigenvalue weighted by Crippen LogP contribution is 2.21. The quantitative estimate of drug-likeness (QED) is 0.754. The van der Waals surface area contributed by atoms with Crippen molar-refractivity contribution in [1.29, 1.82) is 5.26 Å². The molecule has 1 rings (SSSR count). The van der Waals surface area contributed by atoms with Gasteiger partial charge in [-0.1, -0.05) is 13.8 Å². The van der Waals surface area contributed by atoms with Crippen LogP contribution in [0.4, 0.5) is 0 Å². The van der Waals surface area contributed by atoms with Gasteiger partial charge in [0.2, 0.25) is 0 Å². The molecule has 4 nitrogen and oxygen atoms in total. The molecule has 1 aliphatic heterocycles. The van der Waals surface area contributed by atoms with Gasteiger partial charge in [0.25, 0.3) is 0 Å². The molecule has 0 bridgehead atoms. The molecule has 0 aromatic rings. The Labute approximate surface area is 111 Å². The molecule has 2 atom stereocenters. The Hall–Kier alpha value is -0.630. The molecule has 0 amide bonds. The van der Waals surface area contributed by atoms with E-state index in [-0.39, 0.29) is 0 Å². The highest BCUT2D eigenvalue weighted by atomic mass is 16.3. The molecule has 1 aliphatic rings. The zero-order valence-electron chi connectivity index (χ0n) is 12.2. The molecule has 1 heterocycles. The summed E-state index contributed by atoms with van der Waals surface area (Å²) < 4.78 is 0. The molecule has 1 saturated heterocycles. The van der Waals surface area contributed by atoms with Gasteiger partial charge in [-0.05, 0) is 26.7 Å². The average molecular weight is 253 g/mol. The normalized spacial score (nSPS) is 27.1. The van der Waals surface area contributed by atoms with Crippen molar-refractivity contribution in [2.24, 2.45) is 0 Å². The van der Waals surface area contributed by atoms with Crippen LogP contribution in [0.5, 0.6) is 0 Å². The van der Waals surface area contributed by atoms with Crippen LogP contribution in [0.3, 0.4) is 0 Å². The van der Waals surface area contributed by atoms with Gasteiger partial charge in [0.05, 0.1) is 18.2 Å². The molecular formula is C14H27N3O. The lowest BCUT2D eigenvalue weighted by Gasteiger charge is -2.47. The van der Waals surface area contributed by atoms with Gasteiger partial charge in [0.15, 0.2) is 0 Å². The third kappa shape index (κ3) is 4.24. The molecule has 1 fully saturated rings. The summed E-state index contributed by atoms with van der Waals surface area (Å²) in [7, 11) is 0. The summed E-state index contributed by atoms with van der Waals surface area (Å²) in [6.45, 7) is 11.2. The van der Waals surface area contributed by atoms with Crippen LogP contribution in [0, 0.1) is 11.3 Å². The van der Waals surface area contributed by atoms with E-state index < -0.39 is 5.60 Å². The minimum Gasteiger partial charge on any atom is -0.389 e. The zero-order chi connectivity index (χ0) is 13.8. The van der Waals surface area contributed by atoms with E-state index in [1.807, 2.05) is 13.8 Å². The first kappa shape index (κ1) is 15.4. The van der Waals surface area contributed by atoms with Crippen LogP contribution in [0.15, 0.2) is 0 Å². The summed E-state index contributed by atoms with van der Waals surface area (Å²) in [5, 5.41) is 18.9. The number of β-amino-alcohol motifs (C(OH)–C–C–N with tert-alkyl or cyclic N) is 1. The Kier molecular flexibility index (Phi) is 5.58. The van der Waals surface area contributed by atoms with Gasteiger partial charge in [0, 0.05) is 31.7 Å². The smallest absolute Gasteiger partial charge is 0.0869 e. The third-order valence-electron chi connectivity index (χ3n) is 3.73. The number of piperazine rings is 1. The number of rotatable bonds is 5. The van der Waals surface area contributed by atoms with Gasteiger partial charge in [-0.25, -0.2) is 0 Å². The van der Waals surface area contributed by atoms with E-state index in [0.29, 0.717) is 25.2 Å². The van der Waals surface area contributed by atoms with Crippen molar-refractivity contribution < 1.29 is 5.11 Å². The molecule has 0 aromatic heterocycles. The van der Waals surface area contributed by atoms with E-state index in [4.69, 9.17) is 5.26 Å². The second-order valence-electron chi connectivity index (χ2n) is 5.95. The number of hydrogen-bond donors (Lipinski definition) is 1. The molecule has 4 heteroatoms. The van der Waals surface area contributed by atoms with Crippen LogP contribution in [-0.4, -0.2) is 58.8 Å². The molecule has 0 spiro atoms. The maximum absolute atomic E-state index is 10.0. The first-order valence-electron chi connectivity index (χ1n) is 6.98. The summed E-state index contributed by atoms with van der Waals surface area (Å²) in [4.78, 5) is 4.68. The minimum absolute atomic E-state index is 0.440. The minimum atomic E-state index is -0.650. The van der Waals surface area contributed by atoms with Crippen molar-refractivity contribution in [3.05, 3.63) is 0 Å². The Balaban J connectivity index is 2.72. The second kappa shape index (κ2) is 6.51. The Morgan fingerprint density at radius 2 is 1.67 bits per heavy atom. The van der Waals surface area contributed by atoms with E-state index >= 15 is 0 Å². The van der Waals surface area contributed by atoms with Crippen molar-refractivity contribution >= 4 is 0 Å². The van der Waals surface area contributed by atoms with Gasteiger partial charge in [0.1, 0.15) is 0 Å². The average Bonchev–Trinajstić information content (AvgIpc) is 2.28. The lowest BCUT2D eigenvalue weighted by molar-refractivity contribution is -0.0263. The van der Waals surface area contributed by atoms with Crippen LogP contribution in [0.25, 0.3) is 0 Å². The summed E-state index contributed by atoms with van der Waals surface area (Å²) in [6, 6.07) is 3.16. The van der Waals surface area contributed by atoms with Gasteiger partial charge in [-0.3, -0.25) is 9.80 Å². The van der Waals surface area contributed by atoms with Crippen molar-refractivity contribution in [3.8, 4) is 6.07 Å². The number of nitrogens with zero attached hydrogens (tertiary/aromatic N) is 3. The molecule has 0 saturated carbocycles. The molecule has 104 valence electrons. The summed E-state index contributed by atoms with van der Waals surface area (Å²) in [6.07, 6.45) is 2.12. The summed E-state index contributed by atoms with van der Waals surface area (Å²) in [5.41, 5.74) is -0.650. The van der Waals surface area contributed by atoms with E-state index in [9.17, 15) is 5.11 Å². The Bertz CT molecular complexity index is 292. The molecule has 0 aromatic carbocycles. The fraction of sp³-hybridized carbons (Fsp3) is 0.929. The van der Waals surface area contributed by atoms with Crippen molar-refractivity contribution in [2.75, 3.05) is 26.2 Å². The maximum Gasteiger partial charge on any atom is 0.0869 e. The van der Waals surface area contributed by atoms with Crippen molar-refractivity contribution in [3.63, 3.8) is 0 Å². The first-order chi connectivity index (χ1) is 8.41. The fourth-order valence-corrected chi connectivity index (χ4v) is 2.82. The van der Waals surface area contributed by atoms with Gasteiger partial charge in [-0.15, -0.1) is 0 Å². The molecular weight excluding hydrogens is 226 g/mol. The summed E-state index contributed by atoms with van der Waals surface area (Å²) in [5.74, 6) is 0. The van der Waals surface area contributed by atoms with Crippen LogP contribution in [-0.2, 0) is 0 Å². The number of aliphatic hydroxyl groups is 1. The van der Waals surface area contributed by atoms with Crippen LogP contribution >= 0.6 is 0 Å². The molecule has 0 radical (unpaired) electrons. The Morgan fingerprint density at radius 1 is 1.17 bits per heavy atom. The van der Waals surface area contributed by atoms with Gasteiger partial charge in [-0.2, -0.15) is 5.26 Å². The zero-order valence-corrected chi connectivity index (χ0v) is 12.2. The first-order valence-corrected chi connectivity index (χ1v) is 6.98. The predicted octanol–water partition coefficient (Wildman–Crippen LogP) is 1.46. The number of hydrogen-bond acceptors (Lipinski definition) is 4. The highest BCUT2D eigenvalue weighted by Gasteiger charge is 2.33. The lowest BCUT2D eigenvalue weighted by Crippen LogP contribution is -2.60. The predicted molar refractivity (Wildman–Crippen MR) is 73.2 cm³/mol. The van der Waals surface area contributed by atoms with E-state index in [1.165, 1.54) is 0 Å². The van der Waals surface area contributed by atoms with Gasteiger partial charge >= 0.3 is 0 Å². The molecule has 1 N–H and O–H groups in total. The number of nitriles is 1. The maximum atomic E-state index is 10.0. The summed E-state index contributed by atoms with van der Waals surface area (Å²) >= 11 is 0. The third-order valence-corrected chi connectivity index (χ3v) is 3.73. The Morgan fingerprint density at radius 3 is 2.11 bits per heavy atom. The molecule has 2 unspecified atom stereocenters. The van der Waals surface area contributed by atoms with Crippen LogP contribution in [0.2, 0.25) is 0 Å². The van der Waals surface area contributed by atoms with E-state index in [0.717, 1.165) is 25.9 Å². The van der Waals surface area contributed by atoms with E-state index in [2.05, 4.69) is 29.7 Å². The second-order valence-corrected chi connectivity index (χ2v) is 5.95. The van der Waals surface area contributed by atoms with Crippen LogP contribution < -0.4 is 0 Å². The highest BCUT2D eigenvalue weighted by molar-refractivity contribution is 4.93. The van der Waals surface area contributed by atoms with E-state index in [1.54, 1.807) is 0 Å². The monoisotopic (exact) mass is 253 g/mol. The van der Waals surface area contributed by atoms with Crippen molar-refractivity contribution in [2.45, 2.75) is 58.2 Å². The standard InChI is InChI=1S/C14H27N3O/c1-5-12-10-17(11-14(3,4)18)13(6-2)9-16(12)8-7-15/h12-13,18H,5-6,8-11H2,1-4H3. The van der Waals surface area contributed by atoms with Crippen molar-refractivity contribution in [1.82, 2.24) is 9.80 Å². The lowest BCUT2D eigenvalue weighted by atomic mass is 9.99. The van der Waals surface area contributed by atoms with Gasteiger partial charge < -0.3 is 5.11 Å².